The van der Waals surface area contributed by atoms with Crippen molar-refractivity contribution in [2.75, 3.05) is 13.7 Å². The van der Waals surface area contributed by atoms with Gasteiger partial charge in [-0.2, -0.15) is 0 Å². The maximum absolute atomic E-state index is 11.9. The second kappa shape index (κ2) is 7.62. The lowest BCUT2D eigenvalue weighted by molar-refractivity contribution is -0.277. The fourth-order valence-corrected chi connectivity index (χ4v) is 2.72. The molecule has 10 nitrogen and oxygen atoms in total. The number of fused-ring (bicyclic) bond motifs is 1. The number of methoxy groups -OCH3 is 1. The van der Waals surface area contributed by atoms with Gasteiger partial charge in [0.25, 0.3) is 0 Å². The molecular weight excluding hydrogens is 364 g/mol. The van der Waals surface area contributed by atoms with Gasteiger partial charge in [-0.1, -0.05) is 0 Å². The molecule has 1 fully saturated rings. The Bertz CT molecular complexity index is 889. The van der Waals surface area contributed by atoms with Crippen molar-refractivity contribution in [3.05, 3.63) is 40.2 Å². The molecule has 0 spiro atoms. The van der Waals surface area contributed by atoms with E-state index in [-0.39, 0.29) is 16.9 Å². The third-order valence-electron chi connectivity index (χ3n) is 4.21. The van der Waals surface area contributed by atoms with Crippen LogP contribution in [0.5, 0.6) is 5.75 Å². The Morgan fingerprint density at radius 3 is 2.56 bits per heavy atom. The molecule has 1 unspecified atom stereocenters. The minimum atomic E-state index is -1.58. The minimum Gasteiger partial charge on any atom is -0.465 e. The van der Waals surface area contributed by atoms with Crippen molar-refractivity contribution in [1.29, 1.82) is 0 Å². The van der Waals surface area contributed by atoms with Gasteiger partial charge >= 0.3 is 11.6 Å². The average Bonchev–Trinajstić information content (AvgIpc) is 2.67. The smallest absolute Gasteiger partial charge is 0.351 e. The van der Waals surface area contributed by atoms with E-state index < -0.39 is 48.9 Å². The monoisotopic (exact) mass is 382 g/mol. The van der Waals surface area contributed by atoms with Crippen LogP contribution < -0.4 is 10.4 Å². The van der Waals surface area contributed by atoms with E-state index in [1.807, 2.05) is 0 Å². The summed E-state index contributed by atoms with van der Waals surface area (Å²) < 4.78 is 20.3. The molecule has 4 N–H and O–H groups in total. The van der Waals surface area contributed by atoms with Gasteiger partial charge in [0.1, 0.15) is 41.3 Å². The molecule has 2 heterocycles. The molecule has 1 aliphatic heterocycles. The second-order valence-electron chi connectivity index (χ2n) is 5.95. The first-order valence-electron chi connectivity index (χ1n) is 7.99. The van der Waals surface area contributed by atoms with Crippen LogP contribution in [0.4, 0.5) is 0 Å². The van der Waals surface area contributed by atoms with Crippen LogP contribution in [0.15, 0.2) is 33.5 Å². The molecule has 0 bridgehead atoms. The number of aliphatic hydroxyl groups is 4. The highest BCUT2D eigenvalue weighted by atomic mass is 16.7. The van der Waals surface area contributed by atoms with Crippen LogP contribution in [0.3, 0.4) is 0 Å². The van der Waals surface area contributed by atoms with Crippen molar-refractivity contribution in [2.45, 2.75) is 30.7 Å². The maximum Gasteiger partial charge on any atom is 0.351 e. The molecule has 0 aliphatic carbocycles. The van der Waals surface area contributed by atoms with Crippen LogP contribution in [0.1, 0.15) is 10.4 Å². The Hall–Kier alpha value is -2.50. The summed E-state index contributed by atoms with van der Waals surface area (Å²) >= 11 is 0. The molecular formula is C17H18O10. The summed E-state index contributed by atoms with van der Waals surface area (Å²) in [4.78, 5) is 23.4. The molecule has 1 saturated heterocycles. The number of esters is 1. The first-order chi connectivity index (χ1) is 12.8. The summed E-state index contributed by atoms with van der Waals surface area (Å²) in [6.45, 7) is -0.590. The third kappa shape index (κ3) is 3.66. The molecule has 0 radical (unpaired) electrons. The van der Waals surface area contributed by atoms with Crippen molar-refractivity contribution in [3.8, 4) is 5.75 Å². The number of aliphatic hydroxyl groups excluding tert-OH is 4. The number of rotatable bonds is 4. The molecule has 1 aromatic heterocycles. The maximum atomic E-state index is 11.9. The Balaban J connectivity index is 1.87. The highest BCUT2D eigenvalue weighted by molar-refractivity contribution is 5.92. The highest BCUT2D eigenvalue weighted by Crippen LogP contribution is 2.26. The van der Waals surface area contributed by atoms with E-state index in [9.17, 15) is 30.0 Å². The lowest BCUT2D eigenvalue weighted by Gasteiger charge is -2.39. The predicted octanol–water partition coefficient (Wildman–Crippen LogP) is -1.24. The normalized spacial score (nSPS) is 28.1. The van der Waals surface area contributed by atoms with Crippen LogP contribution >= 0.6 is 0 Å². The van der Waals surface area contributed by atoms with Crippen LogP contribution in [0.25, 0.3) is 11.0 Å². The van der Waals surface area contributed by atoms with E-state index >= 15 is 0 Å². The number of hydrogen-bond donors (Lipinski definition) is 4. The summed E-state index contributed by atoms with van der Waals surface area (Å²) in [7, 11) is 1.14. The summed E-state index contributed by atoms with van der Waals surface area (Å²) in [5, 5.41) is 39.2. The standard InChI is InChI=1S/C17H18O10/c1-24-15(22)9-4-7-2-3-8(5-10(7)26-16(9)23)25-17-14(21)13(20)12(19)11(6-18)27-17/h2-5,11-14,17-21H,6H2,1H3/t11-,12+,13+,14-,17?/m1/s1. The topological polar surface area (TPSA) is 156 Å². The van der Waals surface area contributed by atoms with E-state index in [0.29, 0.717) is 5.39 Å². The molecule has 10 heteroatoms. The Morgan fingerprint density at radius 1 is 1.15 bits per heavy atom. The third-order valence-corrected chi connectivity index (χ3v) is 4.21. The largest absolute Gasteiger partial charge is 0.465 e. The van der Waals surface area contributed by atoms with Crippen LogP contribution in [0, 0.1) is 0 Å². The van der Waals surface area contributed by atoms with Gasteiger partial charge in [-0.25, -0.2) is 9.59 Å². The fourth-order valence-electron chi connectivity index (χ4n) is 2.72. The molecule has 3 rings (SSSR count). The molecule has 0 amide bonds. The molecule has 27 heavy (non-hydrogen) atoms. The summed E-state index contributed by atoms with van der Waals surface area (Å²) in [6, 6.07) is 5.61. The van der Waals surface area contributed by atoms with Crippen molar-refractivity contribution in [1.82, 2.24) is 0 Å². The van der Waals surface area contributed by atoms with E-state index in [1.165, 1.54) is 24.3 Å². The molecule has 0 saturated carbocycles. The van der Waals surface area contributed by atoms with Gasteiger partial charge in [0, 0.05) is 11.5 Å². The molecule has 1 aliphatic rings. The fraction of sp³-hybridized carbons (Fsp3) is 0.412. The minimum absolute atomic E-state index is 0.106. The summed E-state index contributed by atoms with van der Waals surface area (Å²) in [5.74, 6) is -0.701. The van der Waals surface area contributed by atoms with Crippen molar-refractivity contribution < 1.29 is 43.8 Å². The predicted molar refractivity (Wildman–Crippen MR) is 88.2 cm³/mol. The van der Waals surface area contributed by atoms with Gasteiger partial charge < -0.3 is 39.1 Å². The first kappa shape index (κ1) is 19.3. The Morgan fingerprint density at radius 2 is 1.89 bits per heavy atom. The van der Waals surface area contributed by atoms with Gasteiger partial charge in [0.05, 0.1) is 13.7 Å². The Labute approximate surface area is 152 Å². The van der Waals surface area contributed by atoms with Gasteiger partial charge in [0.2, 0.25) is 6.29 Å². The molecule has 2 aromatic rings. The van der Waals surface area contributed by atoms with Gasteiger partial charge in [-0.05, 0) is 18.2 Å². The average molecular weight is 382 g/mol. The number of ether oxygens (including phenoxy) is 3. The van der Waals surface area contributed by atoms with Crippen LogP contribution in [0.2, 0.25) is 0 Å². The Kier molecular flexibility index (Phi) is 5.44. The van der Waals surface area contributed by atoms with Gasteiger partial charge in [0.15, 0.2) is 0 Å². The molecule has 1 aromatic carbocycles. The summed E-state index contributed by atoms with van der Waals surface area (Å²) in [5.41, 5.74) is -1.04. The molecule has 146 valence electrons. The SMILES string of the molecule is COC(=O)c1cc2ccc(OC3O[C@H](CO)[C@H](O)[C@H](O)[C@H]3O)cc2oc1=O. The van der Waals surface area contributed by atoms with Crippen molar-refractivity contribution in [2.24, 2.45) is 0 Å². The highest BCUT2D eigenvalue weighted by Gasteiger charge is 2.44. The number of hydrogen-bond acceptors (Lipinski definition) is 10. The lowest BCUT2D eigenvalue weighted by atomic mass is 9.99. The zero-order valence-electron chi connectivity index (χ0n) is 14.1. The van der Waals surface area contributed by atoms with Crippen molar-refractivity contribution in [3.63, 3.8) is 0 Å². The summed E-state index contributed by atoms with van der Waals surface area (Å²) in [6.07, 6.45) is -7.15. The second-order valence-corrected chi connectivity index (χ2v) is 5.95. The van der Waals surface area contributed by atoms with E-state index in [2.05, 4.69) is 4.74 Å². The van der Waals surface area contributed by atoms with Gasteiger partial charge in [-0.15, -0.1) is 0 Å². The number of carbonyl (C=O) groups excluding carboxylic acids is 1. The van der Waals surface area contributed by atoms with Crippen LogP contribution in [-0.2, 0) is 9.47 Å². The first-order valence-corrected chi connectivity index (χ1v) is 7.99. The van der Waals surface area contributed by atoms with Crippen LogP contribution in [-0.4, -0.2) is 70.8 Å². The zero-order valence-corrected chi connectivity index (χ0v) is 14.1. The molecule has 5 atom stereocenters. The lowest BCUT2D eigenvalue weighted by Crippen LogP contribution is -2.60. The van der Waals surface area contributed by atoms with E-state index in [0.717, 1.165) is 7.11 Å². The quantitative estimate of drug-likeness (QED) is 0.372. The zero-order chi connectivity index (χ0) is 19.7. The van der Waals surface area contributed by atoms with E-state index in [4.69, 9.17) is 13.9 Å². The number of benzene rings is 1. The number of carbonyl (C=O) groups is 1. The van der Waals surface area contributed by atoms with E-state index in [1.54, 1.807) is 0 Å². The van der Waals surface area contributed by atoms with Gasteiger partial charge in [-0.3, -0.25) is 0 Å². The van der Waals surface area contributed by atoms with Crippen molar-refractivity contribution >= 4 is 16.9 Å².